The summed E-state index contributed by atoms with van der Waals surface area (Å²) >= 11 is 6.20. The van der Waals surface area contributed by atoms with Crippen molar-refractivity contribution in [3.63, 3.8) is 0 Å². The Balaban J connectivity index is 1.45. The lowest BCUT2D eigenvalue weighted by atomic mass is 10.1. The molecule has 17 heteroatoms. The quantitative estimate of drug-likeness (QED) is 0.161. The smallest absolute Gasteiger partial charge is 0.340 e. The number of rotatable bonds is 7. The SMILES string of the molecule is O=P(O)(O)CP(=O)(O)OCC1OC(n2cnc3c(-n4ccc5ccccc54)nc(Cl)nc32)C(O)C1O. The lowest BCUT2D eigenvalue weighted by Gasteiger charge is -2.18. The van der Waals surface area contributed by atoms with Crippen molar-refractivity contribution < 1.29 is 43.3 Å². The maximum atomic E-state index is 11.9. The molecule has 1 aliphatic rings. The van der Waals surface area contributed by atoms with Gasteiger partial charge in [-0.15, -0.1) is 0 Å². The molecule has 5 atom stereocenters. The third-order valence-electron chi connectivity index (χ3n) is 5.62. The minimum absolute atomic E-state index is 0.108. The first-order valence-electron chi connectivity index (χ1n) is 10.4. The highest BCUT2D eigenvalue weighted by Crippen LogP contribution is 2.55. The van der Waals surface area contributed by atoms with Gasteiger partial charge in [-0.3, -0.25) is 18.3 Å². The average Bonchev–Trinajstić information content (AvgIpc) is 3.47. The number of halogens is 1. The van der Waals surface area contributed by atoms with E-state index in [0.717, 1.165) is 10.9 Å². The lowest BCUT2D eigenvalue weighted by molar-refractivity contribution is -0.0483. The highest BCUT2D eigenvalue weighted by atomic mass is 35.5. The van der Waals surface area contributed by atoms with Gasteiger partial charge in [0.05, 0.1) is 18.5 Å². The van der Waals surface area contributed by atoms with Gasteiger partial charge in [0.25, 0.3) is 0 Å². The molecular weight excluding hydrogens is 540 g/mol. The molecule has 36 heavy (non-hydrogen) atoms. The maximum absolute atomic E-state index is 11.9. The summed E-state index contributed by atoms with van der Waals surface area (Å²) in [4.78, 5) is 40.4. The van der Waals surface area contributed by atoms with Gasteiger partial charge in [0.2, 0.25) is 5.28 Å². The standard InChI is InChI=1S/C19H20ClN5O9P2/c20-19-22-16(24-6-5-10-3-1-2-4-11(10)24)13-17(23-19)25(8-21-13)18-15(27)14(26)12(34-18)7-33-36(31,32)9-35(28,29)30/h1-6,8,12,14-15,18,26-27H,7,9H2,(H,31,32)(H2,28,29,30). The van der Waals surface area contributed by atoms with Crippen LogP contribution in [0.25, 0.3) is 27.9 Å². The molecule has 0 saturated carbocycles. The van der Waals surface area contributed by atoms with E-state index in [1.165, 1.54) is 10.9 Å². The summed E-state index contributed by atoms with van der Waals surface area (Å²) < 4.78 is 36.5. The van der Waals surface area contributed by atoms with Gasteiger partial charge < -0.3 is 34.2 Å². The van der Waals surface area contributed by atoms with E-state index in [0.29, 0.717) is 11.3 Å². The number of aliphatic hydroxyl groups is 2. The summed E-state index contributed by atoms with van der Waals surface area (Å²) in [6.07, 6.45) is -2.51. The highest BCUT2D eigenvalue weighted by molar-refractivity contribution is 7.70. The average molecular weight is 560 g/mol. The molecule has 5 unspecified atom stereocenters. The second kappa shape index (κ2) is 9.26. The van der Waals surface area contributed by atoms with Crippen LogP contribution in [0.15, 0.2) is 42.9 Å². The Morgan fingerprint density at radius 2 is 1.83 bits per heavy atom. The third-order valence-corrected chi connectivity index (χ3v) is 9.24. The molecule has 0 bridgehead atoms. The lowest BCUT2D eigenvalue weighted by Crippen LogP contribution is -2.33. The molecule has 192 valence electrons. The molecule has 0 spiro atoms. The largest absolute Gasteiger partial charge is 0.387 e. The fraction of sp³-hybridized carbons (Fsp3) is 0.316. The van der Waals surface area contributed by atoms with Crippen LogP contribution in [-0.4, -0.2) is 79.8 Å². The van der Waals surface area contributed by atoms with Crippen molar-refractivity contribution in [3.05, 3.63) is 48.1 Å². The molecule has 3 aromatic heterocycles. The predicted molar refractivity (Wildman–Crippen MR) is 126 cm³/mol. The molecule has 0 aliphatic carbocycles. The number of fused-ring (bicyclic) bond motifs is 2. The molecule has 4 aromatic rings. The Morgan fingerprint density at radius 3 is 2.58 bits per heavy atom. The molecule has 1 fully saturated rings. The Morgan fingerprint density at radius 1 is 1.08 bits per heavy atom. The van der Waals surface area contributed by atoms with Crippen molar-refractivity contribution in [2.75, 3.05) is 12.5 Å². The van der Waals surface area contributed by atoms with Crippen molar-refractivity contribution >= 4 is 48.9 Å². The van der Waals surface area contributed by atoms with Crippen molar-refractivity contribution in [2.45, 2.75) is 24.5 Å². The molecule has 5 rings (SSSR count). The zero-order chi connectivity index (χ0) is 25.8. The van der Waals surface area contributed by atoms with E-state index < -0.39 is 52.2 Å². The number of nitrogens with zero attached hydrogens (tertiary/aromatic N) is 5. The van der Waals surface area contributed by atoms with Gasteiger partial charge in [-0.1, -0.05) is 18.2 Å². The van der Waals surface area contributed by atoms with E-state index in [-0.39, 0.29) is 10.9 Å². The molecule has 14 nitrogen and oxygen atoms in total. The van der Waals surface area contributed by atoms with Crippen LogP contribution in [0.4, 0.5) is 0 Å². The van der Waals surface area contributed by atoms with Crippen LogP contribution in [0, 0.1) is 0 Å². The summed E-state index contributed by atoms with van der Waals surface area (Å²) in [5.74, 6) is -1.02. The fourth-order valence-electron chi connectivity index (χ4n) is 4.06. The summed E-state index contributed by atoms with van der Waals surface area (Å²) in [5.41, 5.74) is 1.36. The summed E-state index contributed by atoms with van der Waals surface area (Å²) in [6, 6.07) is 9.49. The summed E-state index contributed by atoms with van der Waals surface area (Å²) in [5, 5.41) is 21.9. The molecule has 0 radical (unpaired) electrons. The number of hydrogen-bond donors (Lipinski definition) is 5. The van der Waals surface area contributed by atoms with Crippen LogP contribution < -0.4 is 0 Å². The number of para-hydroxylation sites is 1. The van der Waals surface area contributed by atoms with Gasteiger partial charge >= 0.3 is 15.2 Å². The first kappa shape index (κ1) is 25.4. The van der Waals surface area contributed by atoms with Crippen molar-refractivity contribution in [2.24, 2.45) is 0 Å². The minimum Gasteiger partial charge on any atom is -0.387 e. The van der Waals surface area contributed by atoms with Crippen LogP contribution in [-0.2, 0) is 18.4 Å². The van der Waals surface area contributed by atoms with E-state index >= 15 is 0 Å². The Kier molecular flexibility index (Phi) is 6.54. The van der Waals surface area contributed by atoms with Gasteiger partial charge in [0.1, 0.15) is 18.3 Å². The summed E-state index contributed by atoms with van der Waals surface area (Å²) in [7, 11) is -9.52. The van der Waals surface area contributed by atoms with Gasteiger partial charge in [0.15, 0.2) is 29.1 Å². The molecule has 0 amide bonds. The Labute approximate surface area is 207 Å². The predicted octanol–water partition coefficient (Wildman–Crippen LogP) is 1.38. The fourth-order valence-corrected chi connectivity index (χ4v) is 6.79. The molecule has 1 saturated heterocycles. The topological polar surface area (TPSA) is 202 Å². The number of benzene rings is 1. The first-order chi connectivity index (χ1) is 16.9. The van der Waals surface area contributed by atoms with Gasteiger partial charge in [0, 0.05) is 6.20 Å². The van der Waals surface area contributed by atoms with Crippen LogP contribution in [0.3, 0.4) is 0 Å². The van der Waals surface area contributed by atoms with E-state index in [1.807, 2.05) is 30.3 Å². The van der Waals surface area contributed by atoms with Crippen molar-refractivity contribution in [1.29, 1.82) is 0 Å². The molecule has 1 aromatic carbocycles. The van der Waals surface area contributed by atoms with E-state index in [4.69, 9.17) is 30.6 Å². The number of imidazole rings is 1. The van der Waals surface area contributed by atoms with Crippen LogP contribution in [0.2, 0.25) is 5.28 Å². The van der Waals surface area contributed by atoms with E-state index in [2.05, 4.69) is 15.0 Å². The Bertz CT molecular complexity index is 1540. The number of aromatic nitrogens is 5. The number of ether oxygens (including phenoxy) is 1. The number of hydrogen-bond acceptors (Lipinski definition) is 9. The summed E-state index contributed by atoms with van der Waals surface area (Å²) in [6.45, 7) is -0.717. The second-order valence-corrected chi connectivity index (χ2v) is 12.5. The molecule has 5 N–H and O–H groups in total. The van der Waals surface area contributed by atoms with E-state index in [9.17, 15) is 24.2 Å². The normalized spacial score (nSPS) is 24.5. The zero-order valence-electron chi connectivity index (χ0n) is 18.1. The first-order valence-corrected chi connectivity index (χ1v) is 14.4. The number of aliphatic hydroxyl groups excluding tert-OH is 2. The second-order valence-electron chi connectivity index (χ2n) is 8.17. The minimum atomic E-state index is -4.83. The monoisotopic (exact) mass is 559 g/mol. The van der Waals surface area contributed by atoms with Crippen LogP contribution >= 0.6 is 26.8 Å². The molecule has 1 aliphatic heterocycles. The van der Waals surface area contributed by atoms with Crippen molar-refractivity contribution in [1.82, 2.24) is 24.1 Å². The molecular formula is C19H20ClN5O9P2. The van der Waals surface area contributed by atoms with Gasteiger partial charge in [-0.25, -0.2) is 4.98 Å². The molecule has 4 heterocycles. The van der Waals surface area contributed by atoms with Gasteiger partial charge in [-0.2, -0.15) is 9.97 Å². The Hall–Kier alpha value is -2.22. The van der Waals surface area contributed by atoms with Crippen LogP contribution in [0.1, 0.15) is 6.23 Å². The van der Waals surface area contributed by atoms with Gasteiger partial charge in [-0.05, 0) is 29.1 Å². The highest BCUT2D eigenvalue weighted by Gasteiger charge is 2.45. The van der Waals surface area contributed by atoms with Crippen LogP contribution in [0.5, 0.6) is 0 Å². The van der Waals surface area contributed by atoms with E-state index in [1.54, 1.807) is 10.8 Å². The zero-order valence-corrected chi connectivity index (χ0v) is 20.7. The third kappa shape index (κ3) is 4.85. The maximum Gasteiger partial charge on any atom is 0.340 e. The van der Waals surface area contributed by atoms with Crippen molar-refractivity contribution in [3.8, 4) is 5.82 Å².